The van der Waals surface area contributed by atoms with Crippen molar-refractivity contribution < 1.29 is 23.4 Å². The van der Waals surface area contributed by atoms with Gasteiger partial charge in [-0.3, -0.25) is 4.79 Å². The highest BCUT2D eigenvalue weighted by Crippen LogP contribution is 2.26. The molecule has 1 rings (SSSR count). The van der Waals surface area contributed by atoms with Crippen molar-refractivity contribution in [1.29, 1.82) is 0 Å². The van der Waals surface area contributed by atoms with Gasteiger partial charge in [0.2, 0.25) is 0 Å². The molecule has 1 aromatic carbocycles. The van der Waals surface area contributed by atoms with Gasteiger partial charge in [-0.05, 0) is 31.5 Å². The van der Waals surface area contributed by atoms with Crippen molar-refractivity contribution in [2.24, 2.45) is 0 Å². The summed E-state index contributed by atoms with van der Waals surface area (Å²) >= 11 is 0. The normalized spacial score (nSPS) is 14.2. The van der Waals surface area contributed by atoms with Gasteiger partial charge in [0.25, 0.3) is 0 Å². The molecule has 3 nitrogen and oxygen atoms in total. The fourth-order valence-corrected chi connectivity index (χ4v) is 1.43. The number of esters is 1. The first kappa shape index (κ1) is 13.6. The van der Waals surface area contributed by atoms with Crippen molar-refractivity contribution >= 4 is 5.97 Å². The van der Waals surface area contributed by atoms with E-state index < -0.39 is 23.2 Å². The molecule has 1 aromatic rings. The lowest BCUT2D eigenvalue weighted by Crippen LogP contribution is -2.26. The zero-order valence-electron chi connectivity index (χ0n) is 9.67. The van der Waals surface area contributed by atoms with Gasteiger partial charge in [0.1, 0.15) is 0 Å². The minimum absolute atomic E-state index is 0.129. The number of benzene rings is 1. The number of carbonyl (C=O) groups is 1. The fraction of sp³-hybridized carbons (Fsp3) is 0.417. The zero-order chi connectivity index (χ0) is 13.1. The van der Waals surface area contributed by atoms with Crippen LogP contribution in [0.4, 0.5) is 8.78 Å². The summed E-state index contributed by atoms with van der Waals surface area (Å²) in [6, 6.07) is 3.01. The highest BCUT2D eigenvalue weighted by Gasteiger charge is 2.28. The van der Waals surface area contributed by atoms with Crippen molar-refractivity contribution in [2.45, 2.75) is 25.9 Å². The molecular formula is C12H14F2O3. The second-order valence-corrected chi connectivity index (χ2v) is 3.88. The Kier molecular flexibility index (Phi) is 4.17. The molecule has 0 amide bonds. The number of aliphatic hydroxyl groups is 1. The third-order valence-corrected chi connectivity index (χ3v) is 2.34. The summed E-state index contributed by atoms with van der Waals surface area (Å²) in [5.74, 6) is -2.66. The van der Waals surface area contributed by atoms with Gasteiger partial charge in [-0.25, -0.2) is 8.78 Å². The predicted octanol–water partition coefficient (Wildman–Crippen LogP) is 2.13. The van der Waals surface area contributed by atoms with Crippen LogP contribution in [0, 0.1) is 11.6 Å². The molecule has 0 spiro atoms. The average molecular weight is 244 g/mol. The maximum absolute atomic E-state index is 13.0. The topological polar surface area (TPSA) is 46.5 Å². The van der Waals surface area contributed by atoms with Crippen LogP contribution >= 0.6 is 0 Å². The van der Waals surface area contributed by atoms with E-state index in [1.807, 2.05) is 0 Å². The minimum Gasteiger partial charge on any atom is -0.466 e. The smallest absolute Gasteiger partial charge is 0.309 e. The third kappa shape index (κ3) is 3.49. The van der Waals surface area contributed by atoms with Gasteiger partial charge in [0, 0.05) is 0 Å². The van der Waals surface area contributed by atoms with E-state index in [-0.39, 0.29) is 18.6 Å². The summed E-state index contributed by atoms with van der Waals surface area (Å²) in [5.41, 5.74) is -1.45. The Labute approximate surface area is 98.0 Å². The Morgan fingerprint density at radius 1 is 1.41 bits per heavy atom. The van der Waals surface area contributed by atoms with Crippen LogP contribution in [0.1, 0.15) is 25.8 Å². The molecule has 0 radical (unpaired) electrons. The molecule has 0 bridgehead atoms. The van der Waals surface area contributed by atoms with Gasteiger partial charge in [-0.15, -0.1) is 0 Å². The van der Waals surface area contributed by atoms with Gasteiger partial charge in [-0.1, -0.05) is 6.07 Å². The van der Waals surface area contributed by atoms with Crippen LogP contribution in [0.2, 0.25) is 0 Å². The Morgan fingerprint density at radius 3 is 2.59 bits per heavy atom. The molecule has 94 valence electrons. The molecule has 1 atom stereocenters. The summed E-state index contributed by atoms with van der Waals surface area (Å²) in [5, 5.41) is 10.0. The molecular weight excluding hydrogens is 230 g/mol. The van der Waals surface area contributed by atoms with Gasteiger partial charge in [-0.2, -0.15) is 0 Å². The van der Waals surface area contributed by atoms with Crippen LogP contribution in [0.15, 0.2) is 18.2 Å². The Morgan fingerprint density at radius 2 is 2.06 bits per heavy atom. The fourth-order valence-electron chi connectivity index (χ4n) is 1.43. The lowest BCUT2D eigenvalue weighted by atomic mass is 9.92. The van der Waals surface area contributed by atoms with E-state index in [1.165, 1.54) is 13.0 Å². The minimum atomic E-state index is -1.58. The number of ether oxygens (including phenoxy) is 1. The summed E-state index contributed by atoms with van der Waals surface area (Å²) in [6.07, 6.45) is -0.314. The molecule has 0 saturated carbocycles. The van der Waals surface area contributed by atoms with Gasteiger partial charge in [0.15, 0.2) is 11.6 Å². The summed E-state index contributed by atoms with van der Waals surface area (Å²) < 4.78 is 30.4. The lowest BCUT2D eigenvalue weighted by Gasteiger charge is -2.22. The second-order valence-electron chi connectivity index (χ2n) is 3.88. The highest BCUT2D eigenvalue weighted by atomic mass is 19.2. The van der Waals surface area contributed by atoms with E-state index in [1.54, 1.807) is 6.92 Å². The van der Waals surface area contributed by atoms with Crippen LogP contribution in [0.25, 0.3) is 0 Å². The van der Waals surface area contributed by atoms with Crippen molar-refractivity contribution in [3.05, 3.63) is 35.4 Å². The van der Waals surface area contributed by atoms with Crippen molar-refractivity contribution in [1.82, 2.24) is 0 Å². The molecule has 0 saturated heterocycles. The quantitative estimate of drug-likeness (QED) is 0.825. The second kappa shape index (κ2) is 5.23. The van der Waals surface area contributed by atoms with Gasteiger partial charge >= 0.3 is 5.97 Å². The molecule has 0 unspecified atom stereocenters. The molecule has 0 aliphatic rings. The van der Waals surface area contributed by atoms with Crippen LogP contribution in [0.3, 0.4) is 0 Å². The SMILES string of the molecule is CCOC(=O)C[C@](C)(O)c1ccc(F)c(F)c1. The first-order valence-electron chi connectivity index (χ1n) is 5.20. The van der Waals surface area contributed by atoms with Gasteiger partial charge < -0.3 is 9.84 Å². The average Bonchev–Trinajstić information content (AvgIpc) is 2.21. The Bertz CT molecular complexity index is 416. The zero-order valence-corrected chi connectivity index (χ0v) is 9.67. The first-order valence-corrected chi connectivity index (χ1v) is 5.20. The molecule has 0 aliphatic heterocycles. The number of rotatable bonds is 4. The van der Waals surface area contributed by atoms with Crippen molar-refractivity contribution in [3.8, 4) is 0 Å². The maximum atomic E-state index is 13.0. The standard InChI is InChI=1S/C12H14F2O3/c1-3-17-11(15)7-12(2,16)8-4-5-9(13)10(14)6-8/h4-6,16H,3,7H2,1-2H3/t12-/m0/s1. The van der Waals surface area contributed by atoms with E-state index in [0.717, 1.165) is 12.1 Å². The summed E-state index contributed by atoms with van der Waals surface area (Å²) in [7, 11) is 0. The van der Waals surface area contributed by atoms with E-state index in [4.69, 9.17) is 0 Å². The van der Waals surface area contributed by atoms with Crippen molar-refractivity contribution in [3.63, 3.8) is 0 Å². The summed E-state index contributed by atoms with van der Waals surface area (Å²) in [6.45, 7) is 3.19. The first-order chi connectivity index (χ1) is 7.86. The third-order valence-electron chi connectivity index (χ3n) is 2.34. The molecule has 5 heteroatoms. The number of halogens is 2. The monoisotopic (exact) mass is 244 g/mol. The van der Waals surface area contributed by atoms with Gasteiger partial charge in [0.05, 0.1) is 18.6 Å². The van der Waals surface area contributed by atoms with Crippen LogP contribution in [-0.2, 0) is 15.1 Å². The van der Waals surface area contributed by atoms with E-state index in [9.17, 15) is 18.7 Å². The molecule has 1 N–H and O–H groups in total. The number of carbonyl (C=O) groups excluding carboxylic acids is 1. The lowest BCUT2D eigenvalue weighted by molar-refractivity contribution is -0.148. The Balaban J connectivity index is 2.88. The van der Waals surface area contributed by atoms with Crippen LogP contribution in [0.5, 0.6) is 0 Å². The van der Waals surface area contributed by atoms with E-state index in [2.05, 4.69) is 4.74 Å². The van der Waals surface area contributed by atoms with E-state index in [0.29, 0.717) is 0 Å². The number of hydrogen-bond donors (Lipinski definition) is 1. The Hall–Kier alpha value is -1.49. The van der Waals surface area contributed by atoms with Crippen LogP contribution < -0.4 is 0 Å². The highest BCUT2D eigenvalue weighted by molar-refractivity contribution is 5.71. The molecule has 0 aromatic heterocycles. The number of hydrogen-bond acceptors (Lipinski definition) is 3. The van der Waals surface area contributed by atoms with Crippen molar-refractivity contribution in [2.75, 3.05) is 6.61 Å². The molecule has 17 heavy (non-hydrogen) atoms. The molecule has 0 fully saturated rings. The van der Waals surface area contributed by atoms with Crippen LogP contribution in [-0.4, -0.2) is 17.7 Å². The van der Waals surface area contributed by atoms with E-state index >= 15 is 0 Å². The largest absolute Gasteiger partial charge is 0.466 e. The molecule has 0 heterocycles. The molecule has 0 aliphatic carbocycles. The maximum Gasteiger partial charge on any atom is 0.309 e. The summed E-state index contributed by atoms with van der Waals surface area (Å²) in [4.78, 5) is 11.2. The predicted molar refractivity (Wildman–Crippen MR) is 57.2 cm³/mol.